The van der Waals surface area contributed by atoms with Gasteiger partial charge in [-0.15, -0.1) is 0 Å². The first-order valence-corrected chi connectivity index (χ1v) is 10.3. The van der Waals surface area contributed by atoms with Gasteiger partial charge in [-0.2, -0.15) is 8.42 Å². The Morgan fingerprint density at radius 3 is 2.43 bits per heavy atom. The van der Waals surface area contributed by atoms with Crippen LogP contribution in [0.15, 0.2) is 30.3 Å². The Morgan fingerprint density at radius 1 is 1.25 bits per heavy atom. The molecule has 11 heteroatoms. The summed E-state index contributed by atoms with van der Waals surface area (Å²) in [6.07, 6.45) is -4.16. The van der Waals surface area contributed by atoms with E-state index < -0.39 is 46.7 Å². The van der Waals surface area contributed by atoms with Gasteiger partial charge in [0, 0.05) is 26.1 Å². The monoisotopic (exact) mass is 416 g/mol. The number of ether oxygens (including phenoxy) is 2. The lowest BCUT2D eigenvalue weighted by molar-refractivity contribution is -0.248. The van der Waals surface area contributed by atoms with Gasteiger partial charge in [-0.1, -0.05) is 18.2 Å². The minimum atomic E-state index is -3.99. The summed E-state index contributed by atoms with van der Waals surface area (Å²) in [6.45, 7) is 1.19. The molecule has 1 aliphatic rings. The van der Waals surface area contributed by atoms with Crippen LogP contribution in [-0.2, 0) is 28.6 Å². The van der Waals surface area contributed by atoms with E-state index in [0.29, 0.717) is 5.56 Å². The van der Waals surface area contributed by atoms with Crippen molar-refractivity contribution >= 4 is 21.9 Å². The van der Waals surface area contributed by atoms with Crippen molar-refractivity contribution in [2.75, 3.05) is 19.9 Å². The highest BCUT2D eigenvalue weighted by Gasteiger charge is 2.48. The Balaban J connectivity index is 2.28. The Hall–Kier alpha value is -2.05. The molecule has 0 unspecified atom stereocenters. The standard InChI is InChI=1S/C17H24N2O8S/c1-10(20)18-9-12-14(21)15(27-28(3,23)24)13(17(25-2)26-12)19-16(22)11-7-5-4-6-8-11/h4-8,12-15,17,21H,9H2,1-3H3,(H,18,20)(H,19,22)/t12-,13-,14-,15-,17-/m1/s1. The van der Waals surface area contributed by atoms with E-state index in [4.69, 9.17) is 13.7 Å². The van der Waals surface area contributed by atoms with Crippen LogP contribution in [0.4, 0.5) is 0 Å². The third kappa shape index (κ3) is 5.97. The van der Waals surface area contributed by atoms with Crippen molar-refractivity contribution in [1.29, 1.82) is 0 Å². The normalized spacial score (nSPS) is 27.8. The smallest absolute Gasteiger partial charge is 0.264 e. The van der Waals surface area contributed by atoms with Crippen molar-refractivity contribution in [3.63, 3.8) is 0 Å². The molecule has 1 aromatic rings. The number of aliphatic hydroxyl groups is 1. The van der Waals surface area contributed by atoms with Gasteiger partial charge >= 0.3 is 0 Å². The van der Waals surface area contributed by atoms with Crippen LogP contribution in [0.2, 0.25) is 0 Å². The Morgan fingerprint density at radius 2 is 1.89 bits per heavy atom. The summed E-state index contributed by atoms with van der Waals surface area (Å²) >= 11 is 0. The first-order chi connectivity index (χ1) is 13.1. The topological polar surface area (TPSA) is 140 Å². The van der Waals surface area contributed by atoms with E-state index >= 15 is 0 Å². The average Bonchev–Trinajstić information content (AvgIpc) is 2.63. The molecule has 1 aliphatic heterocycles. The van der Waals surface area contributed by atoms with E-state index in [1.54, 1.807) is 30.3 Å². The number of hydrogen-bond acceptors (Lipinski definition) is 8. The van der Waals surface area contributed by atoms with E-state index in [1.807, 2.05) is 0 Å². The average molecular weight is 416 g/mol. The zero-order valence-electron chi connectivity index (χ0n) is 15.7. The van der Waals surface area contributed by atoms with Crippen LogP contribution >= 0.6 is 0 Å². The number of methoxy groups -OCH3 is 1. The lowest BCUT2D eigenvalue weighted by Gasteiger charge is -2.43. The number of rotatable bonds is 7. The molecule has 0 bridgehead atoms. The van der Waals surface area contributed by atoms with Gasteiger partial charge in [0.15, 0.2) is 6.29 Å². The summed E-state index contributed by atoms with van der Waals surface area (Å²) in [5.41, 5.74) is 0.324. The predicted molar refractivity (Wildman–Crippen MR) is 97.8 cm³/mol. The second-order valence-corrected chi connectivity index (χ2v) is 7.94. The second kappa shape index (κ2) is 9.43. The maximum absolute atomic E-state index is 12.5. The van der Waals surface area contributed by atoms with E-state index in [-0.39, 0.29) is 12.5 Å². The van der Waals surface area contributed by atoms with Crippen molar-refractivity contribution in [1.82, 2.24) is 10.6 Å². The number of carbonyl (C=O) groups excluding carboxylic acids is 2. The molecule has 10 nitrogen and oxygen atoms in total. The third-order valence-electron chi connectivity index (χ3n) is 4.08. The zero-order chi connectivity index (χ0) is 20.9. The van der Waals surface area contributed by atoms with Gasteiger partial charge in [-0.25, -0.2) is 0 Å². The fourth-order valence-electron chi connectivity index (χ4n) is 2.82. The van der Waals surface area contributed by atoms with E-state index in [9.17, 15) is 23.1 Å². The fraction of sp³-hybridized carbons (Fsp3) is 0.529. The van der Waals surface area contributed by atoms with Gasteiger partial charge in [0.1, 0.15) is 24.4 Å². The molecule has 0 radical (unpaired) electrons. The molecule has 1 aromatic carbocycles. The third-order valence-corrected chi connectivity index (χ3v) is 4.65. The Labute approximate surface area is 163 Å². The van der Waals surface area contributed by atoms with Crippen LogP contribution < -0.4 is 10.6 Å². The molecule has 3 N–H and O–H groups in total. The number of amides is 2. The quantitative estimate of drug-likeness (QED) is 0.481. The highest BCUT2D eigenvalue weighted by Crippen LogP contribution is 2.25. The number of carbonyl (C=O) groups is 2. The number of aliphatic hydroxyl groups excluding tert-OH is 1. The molecule has 1 saturated heterocycles. The van der Waals surface area contributed by atoms with Crippen LogP contribution in [0.1, 0.15) is 17.3 Å². The lowest BCUT2D eigenvalue weighted by Crippen LogP contribution is -2.66. The first kappa shape index (κ1) is 22.2. The molecule has 1 fully saturated rings. The summed E-state index contributed by atoms with van der Waals surface area (Å²) in [7, 11) is -2.68. The minimum absolute atomic E-state index is 0.0979. The summed E-state index contributed by atoms with van der Waals surface area (Å²) in [5, 5.41) is 15.7. The molecule has 0 spiro atoms. The molecular formula is C17H24N2O8S. The largest absolute Gasteiger partial charge is 0.387 e. The Bertz CT molecular complexity index is 786. The van der Waals surface area contributed by atoms with Crippen LogP contribution in [0.5, 0.6) is 0 Å². The molecule has 0 aliphatic carbocycles. The summed E-state index contributed by atoms with van der Waals surface area (Å²) in [4.78, 5) is 23.7. The summed E-state index contributed by atoms with van der Waals surface area (Å²) < 4.78 is 39.3. The SMILES string of the molecule is CO[C@@H]1O[C@H](CNC(C)=O)[C@@H](O)[C@H](OS(C)(=O)=O)[C@H]1NC(=O)c1ccccc1. The summed E-state index contributed by atoms with van der Waals surface area (Å²) in [5.74, 6) is -0.879. The zero-order valence-corrected chi connectivity index (χ0v) is 16.5. The maximum Gasteiger partial charge on any atom is 0.264 e. The van der Waals surface area contributed by atoms with Gasteiger partial charge in [-0.05, 0) is 12.1 Å². The Kier molecular flexibility index (Phi) is 7.49. The van der Waals surface area contributed by atoms with Crippen LogP contribution in [-0.4, -0.2) is 75.9 Å². The van der Waals surface area contributed by atoms with Gasteiger partial charge in [0.25, 0.3) is 16.0 Å². The van der Waals surface area contributed by atoms with E-state index in [2.05, 4.69) is 10.6 Å². The summed E-state index contributed by atoms with van der Waals surface area (Å²) in [6, 6.07) is 7.10. The van der Waals surface area contributed by atoms with Gasteiger partial charge in [-0.3, -0.25) is 13.8 Å². The number of nitrogens with one attached hydrogen (secondary N) is 2. The van der Waals surface area contributed by atoms with Crippen LogP contribution in [0.3, 0.4) is 0 Å². The van der Waals surface area contributed by atoms with Crippen molar-refractivity contribution in [3.8, 4) is 0 Å². The van der Waals surface area contributed by atoms with Crippen molar-refractivity contribution < 1.29 is 36.8 Å². The minimum Gasteiger partial charge on any atom is -0.387 e. The highest BCUT2D eigenvalue weighted by atomic mass is 32.2. The molecule has 0 aromatic heterocycles. The van der Waals surface area contributed by atoms with Gasteiger partial charge in [0.2, 0.25) is 5.91 Å². The first-order valence-electron chi connectivity index (χ1n) is 8.47. The lowest BCUT2D eigenvalue weighted by atomic mass is 9.96. The molecule has 2 rings (SSSR count). The highest BCUT2D eigenvalue weighted by molar-refractivity contribution is 7.86. The van der Waals surface area contributed by atoms with E-state index in [0.717, 1.165) is 6.26 Å². The van der Waals surface area contributed by atoms with Crippen molar-refractivity contribution in [2.45, 2.75) is 37.6 Å². The molecule has 156 valence electrons. The van der Waals surface area contributed by atoms with Gasteiger partial charge < -0.3 is 25.2 Å². The molecule has 0 saturated carbocycles. The van der Waals surface area contributed by atoms with E-state index in [1.165, 1.54) is 14.0 Å². The molecule has 5 atom stereocenters. The van der Waals surface area contributed by atoms with Crippen molar-refractivity contribution in [3.05, 3.63) is 35.9 Å². The maximum atomic E-state index is 12.5. The molecular weight excluding hydrogens is 392 g/mol. The fourth-order valence-corrected chi connectivity index (χ4v) is 3.46. The second-order valence-electron chi connectivity index (χ2n) is 6.34. The number of benzene rings is 1. The van der Waals surface area contributed by atoms with Gasteiger partial charge in [0.05, 0.1) is 6.26 Å². The van der Waals surface area contributed by atoms with Crippen molar-refractivity contribution in [2.24, 2.45) is 0 Å². The molecule has 28 heavy (non-hydrogen) atoms. The van der Waals surface area contributed by atoms with Crippen LogP contribution in [0, 0.1) is 0 Å². The molecule has 1 heterocycles. The van der Waals surface area contributed by atoms with Crippen LogP contribution in [0.25, 0.3) is 0 Å². The molecule has 2 amide bonds. The predicted octanol–water partition coefficient (Wildman–Crippen LogP) is -1.00. The number of hydrogen-bond donors (Lipinski definition) is 3.